The predicted molar refractivity (Wildman–Crippen MR) is 105 cm³/mol. The van der Waals surface area contributed by atoms with Gasteiger partial charge in [0.25, 0.3) is 5.91 Å². The molecule has 2 aromatic rings. The van der Waals surface area contributed by atoms with Crippen LogP contribution in [0.2, 0.25) is 0 Å². The van der Waals surface area contributed by atoms with Gasteiger partial charge in [0.05, 0.1) is 0 Å². The van der Waals surface area contributed by atoms with E-state index in [0.29, 0.717) is 12.3 Å². The van der Waals surface area contributed by atoms with Crippen molar-refractivity contribution in [2.45, 2.75) is 26.4 Å². The van der Waals surface area contributed by atoms with Crippen molar-refractivity contribution < 1.29 is 14.3 Å². The van der Waals surface area contributed by atoms with Gasteiger partial charge in [-0.25, -0.2) is 0 Å². The Kier molecular flexibility index (Phi) is 7.21. The van der Waals surface area contributed by atoms with Crippen molar-refractivity contribution in [1.29, 1.82) is 0 Å². The quantitative estimate of drug-likeness (QED) is 0.750. The summed E-state index contributed by atoms with van der Waals surface area (Å²) in [5.41, 5.74) is 2.07. The number of likely N-dealkylation sites (N-methyl/N-ethyl adjacent to an activating group) is 1. The largest absolute Gasteiger partial charge is 0.484 e. The number of ether oxygens (including phenoxy) is 1. The standard InChI is InChI=1S/C20H23BrN2O3/c1-14-6-4-5-7-16(14)12-23(15(2)20(25)22-3)19(24)13-26-18-10-8-17(21)9-11-18/h4-11,15H,12-13H2,1-3H3,(H,22,25)/t15-/m1/s1. The Morgan fingerprint density at radius 1 is 1.15 bits per heavy atom. The topological polar surface area (TPSA) is 58.6 Å². The third-order valence-corrected chi connectivity index (χ3v) is 4.72. The Morgan fingerprint density at radius 2 is 1.81 bits per heavy atom. The number of hydrogen-bond acceptors (Lipinski definition) is 3. The first-order chi connectivity index (χ1) is 12.4. The van der Waals surface area contributed by atoms with Crippen LogP contribution in [0.3, 0.4) is 0 Å². The molecule has 2 amide bonds. The second-order valence-corrected chi connectivity index (χ2v) is 6.90. The van der Waals surface area contributed by atoms with Gasteiger partial charge in [0.15, 0.2) is 6.61 Å². The van der Waals surface area contributed by atoms with Crippen LogP contribution in [0.15, 0.2) is 53.0 Å². The van der Waals surface area contributed by atoms with Crippen molar-refractivity contribution in [3.05, 3.63) is 64.1 Å². The second kappa shape index (κ2) is 9.38. The number of nitrogens with zero attached hydrogens (tertiary/aromatic N) is 1. The van der Waals surface area contributed by atoms with Gasteiger partial charge in [0.1, 0.15) is 11.8 Å². The minimum absolute atomic E-state index is 0.130. The van der Waals surface area contributed by atoms with Crippen LogP contribution in [0.25, 0.3) is 0 Å². The molecule has 1 atom stereocenters. The summed E-state index contributed by atoms with van der Waals surface area (Å²) >= 11 is 3.36. The Balaban J connectivity index is 2.13. The molecule has 0 fully saturated rings. The van der Waals surface area contributed by atoms with Crippen molar-refractivity contribution >= 4 is 27.7 Å². The smallest absolute Gasteiger partial charge is 0.261 e. The molecular formula is C20H23BrN2O3. The lowest BCUT2D eigenvalue weighted by Crippen LogP contribution is -2.48. The van der Waals surface area contributed by atoms with E-state index in [1.54, 1.807) is 31.0 Å². The number of aryl methyl sites for hydroxylation is 1. The minimum atomic E-state index is -0.597. The van der Waals surface area contributed by atoms with Crippen LogP contribution in [0, 0.1) is 6.92 Å². The van der Waals surface area contributed by atoms with E-state index in [4.69, 9.17) is 4.74 Å². The summed E-state index contributed by atoms with van der Waals surface area (Å²) in [5.74, 6) is 0.146. The molecule has 0 heterocycles. The van der Waals surface area contributed by atoms with Gasteiger partial charge in [-0.3, -0.25) is 9.59 Å². The van der Waals surface area contributed by atoms with Crippen molar-refractivity contribution in [2.24, 2.45) is 0 Å². The molecule has 0 aliphatic heterocycles. The van der Waals surface area contributed by atoms with E-state index in [9.17, 15) is 9.59 Å². The lowest BCUT2D eigenvalue weighted by atomic mass is 10.1. The maximum absolute atomic E-state index is 12.8. The molecule has 0 aromatic heterocycles. The van der Waals surface area contributed by atoms with Crippen molar-refractivity contribution in [3.8, 4) is 5.75 Å². The summed E-state index contributed by atoms with van der Waals surface area (Å²) in [6.45, 7) is 3.92. The summed E-state index contributed by atoms with van der Waals surface area (Å²) < 4.78 is 6.53. The molecule has 2 aromatic carbocycles. The first kappa shape index (κ1) is 20.0. The number of nitrogens with one attached hydrogen (secondary N) is 1. The highest BCUT2D eigenvalue weighted by Crippen LogP contribution is 2.17. The Morgan fingerprint density at radius 3 is 2.42 bits per heavy atom. The van der Waals surface area contributed by atoms with E-state index < -0.39 is 6.04 Å². The number of benzene rings is 2. The number of carbonyl (C=O) groups excluding carboxylic acids is 2. The third-order valence-electron chi connectivity index (χ3n) is 4.19. The highest BCUT2D eigenvalue weighted by molar-refractivity contribution is 9.10. The molecule has 0 saturated heterocycles. The van der Waals surface area contributed by atoms with Crippen molar-refractivity contribution in [3.63, 3.8) is 0 Å². The molecule has 26 heavy (non-hydrogen) atoms. The van der Waals surface area contributed by atoms with Gasteiger partial charge in [-0.15, -0.1) is 0 Å². The van der Waals surface area contributed by atoms with Gasteiger partial charge in [0.2, 0.25) is 5.91 Å². The minimum Gasteiger partial charge on any atom is -0.484 e. The van der Waals surface area contributed by atoms with Crippen LogP contribution in [0.4, 0.5) is 0 Å². The van der Waals surface area contributed by atoms with Gasteiger partial charge in [-0.1, -0.05) is 40.2 Å². The zero-order valence-corrected chi connectivity index (χ0v) is 16.7. The van der Waals surface area contributed by atoms with Crippen LogP contribution in [0.1, 0.15) is 18.1 Å². The van der Waals surface area contributed by atoms with E-state index >= 15 is 0 Å². The van der Waals surface area contributed by atoms with Gasteiger partial charge in [0, 0.05) is 18.1 Å². The number of hydrogen-bond donors (Lipinski definition) is 1. The lowest BCUT2D eigenvalue weighted by molar-refractivity contribution is -0.142. The zero-order valence-electron chi connectivity index (χ0n) is 15.2. The van der Waals surface area contributed by atoms with Crippen molar-refractivity contribution in [2.75, 3.05) is 13.7 Å². The van der Waals surface area contributed by atoms with Gasteiger partial charge >= 0.3 is 0 Å². The number of halogens is 1. The van der Waals surface area contributed by atoms with Crippen LogP contribution in [-0.4, -0.2) is 36.4 Å². The summed E-state index contributed by atoms with van der Waals surface area (Å²) in [4.78, 5) is 26.4. The molecule has 0 aliphatic rings. The lowest BCUT2D eigenvalue weighted by Gasteiger charge is -2.28. The number of amides is 2. The first-order valence-electron chi connectivity index (χ1n) is 8.36. The third kappa shape index (κ3) is 5.33. The molecule has 0 saturated carbocycles. The Labute approximate surface area is 162 Å². The average Bonchev–Trinajstić information content (AvgIpc) is 2.65. The average molecular weight is 419 g/mol. The van der Waals surface area contributed by atoms with Crippen LogP contribution in [-0.2, 0) is 16.1 Å². The molecule has 2 rings (SSSR count). The van der Waals surface area contributed by atoms with E-state index in [2.05, 4.69) is 21.2 Å². The second-order valence-electron chi connectivity index (χ2n) is 5.98. The predicted octanol–water partition coefficient (Wildman–Crippen LogP) is 3.30. The first-order valence-corrected chi connectivity index (χ1v) is 9.15. The molecule has 138 valence electrons. The molecule has 0 aliphatic carbocycles. The Hall–Kier alpha value is -2.34. The monoisotopic (exact) mass is 418 g/mol. The molecule has 6 heteroatoms. The fourth-order valence-corrected chi connectivity index (χ4v) is 2.79. The maximum atomic E-state index is 12.8. The Bertz CT molecular complexity index is 762. The highest BCUT2D eigenvalue weighted by atomic mass is 79.9. The van der Waals surface area contributed by atoms with E-state index in [-0.39, 0.29) is 18.4 Å². The van der Waals surface area contributed by atoms with E-state index in [1.165, 1.54) is 0 Å². The summed E-state index contributed by atoms with van der Waals surface area (Å²) in [5, 5.41) is 2.60. The van der Waals surface area contributed by atoms with Crippen LogP contribution < -0.4 is 10.1 Å². The molecule has 5 nitrogen and oxygen atoms in total. The van der Waals surface area contributed by atoms with E-state index in [0.717, 1.165) is 15.6 Å². The van der Waals surface area contributed by atoms with Gasteiger partial charge in [-0.05, 0) is 49.2 Å². The highest BCUT2D eigenvalue weighted by Gasteiger charge is 2.26. The normalized spacial score (nSPS) is 11.5. The van der Waals surface area contributed by atoms with Gasteiger partial charge < -0.3 is 15.0 Å². The molecule has 0 radical (unpaired) electrons. The van der Waals surface area contributed by atoms with Crippen LogP contribution >= 0.6 is 15.9 Å². The maximum Gasteiger partial charge on any atom is 0.261 e. The number of carbonyl (C=O) groups is 2. The van der Waals surface area contributed by atoms with E-state index in [1.807, 2.05) is 43.3 Å². The molecule has 0 bridgehead atoms. The SMILES string of the molecule is CNC(=O)[C@@H](C)N(Cc1ccccc1C)C(=O)COc1ccc(Br)cc1. The van der Waals surface area contributed by atoms with Crippen LogP contribution in [0.5, 0.6) is 5.75 Å². The zero-order chi connectivity index (χ0) is 19.1. The molecule has 0 spiro atoms. The molecular weight excluding hydrogens is 396 g/mol. The summed E-state index contributed by atoms with van der Waals surface area (Å²) in [6.07, 6.45) is 0. The van der Waals surface area contributed by atoms with Crippen molar-refractivity contribution in [1.82, 2.24) is 10.2 Å². The van der Waals surface area contributed by atoms with Gasteiger partial charge in [-0.2, -0.15) is 0 Å². The summed E-state index contributed by atoms with van der Waals surface area (Å²) in [6, 6.07) is 14.5. The fraction of sp³-hybridized carbons (Fsp3) is 0.300. The molecule has 1 N–H and O–H groups in total. The molecule has 0 unspecified atom stereocenters. The number of rotatable bonds is 7. The summed E-state index contributed by atoms with van der Waals surface area (Å²) in [7, 11) is 1.56. The fourth-order valence-electron chi connectivity index (χ4n) is 2.52.